The Kier molecular flexibility index (Phi) is 5.12. The summed E-state index contributed by atoms with van der Waals surface area (Å²) in [6.07, 6.45) is 4.37. The standard InChI is InChI=1S/C12H21N3/c1-11-6-7-12(10-14-11)15(3)9-5-4-8-13-2/h6-7,10,13H,4-5,8-9H2,1-3H3. The molecular formula is C12H21N3. The molecule has 0 aliphatic carbocycles. The Morgan fingerprint density at radius 1 is 1.33 bits per heavy atom. The quantitative estimate of drug-likeness (QED) is 0.721. The SMILES string of the molecule is CNCCCCN(C)c1ccc(C)nc1. The van der Waals surface area contributed by atoms with Crippen LogP contribution in [0.2, 0.25) is 0 Å². The lowest BCUT2D eigenvalue weighted by Crippen LogP contribution is -2.20. The fraction of sp³-hybridized carbons (Fsp3) is 0.583. The molecule has 0 spiro atoms. The van der Waals surface area contributed by atoms with Crippen molar-refractivity contribution >= 4 is 5.69 Å². The summed E-state index contributed by atoms with van der Waals surface area (Å²) in [6, 6.07) is 4.18. The van der Waals surface area contributed by atoms with Gasteiger partial charge in [0.05, 0.1) is 11.9 Å². The summed E-state index contributed by atoms with van der Waals surface area (Å²) < 4.78 is 0. The summed E-state index contributed by atoms with van der Waals surface area (Å²) in [4.78, 5) is 6.54. The number of unbranched alkanes of at least 4 members (excludes halogenated alkanes) is 1. The maximum atomic E-state index is 4.29. The summed E-state index contributed by atoms with van der Waals surface area (Å²) >= 11 is 0. The van der Waals surface area contributed by atoms with Gasteiger partial charge >= 0.3 is 0 Å². The first kappa shape index (κ1) is 12.0. The van der Waals surface area contributed by atoms with E-state index in [-0.39, 0.29) is 0 Å². The molecule has 0 unspecified atom stereocenters. The number of nitrogens with one attached hydrogen (secondary N) is 1. The van der Waals surface area contributed by atoms with E-state index in [1.807, 2.05) is 20.2 Å². The highest BCUT2D eigenvalue weighted by Gasteiger charge is 1.99. The molecule has 1 heterocycles. The Hall–Kier alpha value is -1.09. The largest absolute Gasteiger partial charge is 0.373 e. The molecule has 0 aliphatic rings. The highest BCUT2D eigenvalue weighted by atomic mass is 15.1. The van der Waals surface area contributed by atoms with Gasteiger partial charge in [-0.15, -0.1) is 0 Å². The van der Waals surface area contributed by atoms with Gasteiger partial charge in [-0.1, -0.05) is 0 Å². The van der Waals surface area contributed by atoms with Crippen molar-refractivity contribution in [3.63, 3.8) is 0 Å². The van der Waals surface area contributed by atoms with E-state index in [9.17, 15) is 0 Å². The second-order valence-corrected chi connectivity index (χ2v) is 3.89. The van der Waals surface area contributed by atoms with Gasteiger partial charge in [-0.2, -0.15) is 0 Å². The lowest BCUT2D eigenvalue weighted by Gasteiger charge is -2.18. The van der Waals surface area contributed by atoms with Gasteiger partial charge < -0.3 is 10.2 Å². The summed E-state index contributed by atoms with van der Waals surface area (Å²) in [5.74, 6) is 0. The summed E-state index contributed by atoms with van der Waals surface area (Å²) in [7, 11) is 4.11. The van der Waals surface area contributed by atoms with Crippen molar-refractivity contribution in [1.29, 1.82) is 0 Å². The van der Waals surface area contributed by atoms with Gasteiger partial charge in [-0.3, -0.25) is 4.98 Å². The topological polar surface area (TPSA) is 28.2 Å². The van der Waals surface area contributed by atoms with E-state index in [0.29, 0.717) is 0 Å². The third-order valence-electron chi connectivity index (χ3n) is 2.51. The number of rotatable bonds is 6. The van der Waals surface area contributed by atoms with Gasteiger partial charge in [0.1, 0.15) is 0 Å². The average molecular weight is 207 g/mol. The van der Waals surface area contributed by atoms with Gasteiger partial charge in [0.2, 0.25) is 0 Å². The molecular weight excluding hydrogens is 186 g/mol. The first-order valence-electron chi connectivity index (χ1n) is 5.52. The van der Waals surface area contributed by atoms with Crippen LogP contribution in [0, 0.1) is 6.92 Å². The van der Waals surface area contributed by atoms with Crippen LogP contribution in [0.25, 0.3) is 0 Å². The molecule has 3 nitrogen and oxygen atoms in total. The molecule has 0 saturated heterocycles. The molecule has 1 aromatic rings. The summed E-state index contributed by atoms with van der Waals surface area (Å²) in [6.45, 7) is 4.20. The monoisotopic (exact) mass is 207 g/mol. The lowest BCUT2D eigenvalue weighted by molar-refractivity contribution is 0.671. The first-order chi connectivity index (χ1) is 7.24. The maximum Gasteiger partial charge on any atom is 0.0550 e. The molecule has 15 heavy (non-hydrogen) atoms. The van der Waals surface area contributed by atoms with Crippen LogP contribution in [-0.4, -0.2) is 32.2 Å². The predicted octanol–water partition coefficient (Wildman–Crippen LogP) is 1.83. The number of anilines is 1. The zero-order chi connectivity index (χ0) is 11.1. The van der Waals surface area contributed by atoms with Crippen LogP contribution >= 0.6 is 0 Å². The second-order valence-electron chi connectivity index (χ2n) is 3.89. The molecule has 1 rings (SSSR count). The molecule has 0 amide bonds. The van der Waals surface area contributed by atoms with Crippen molar-refractivity contribution in [2.45, 2.75) is 19.8 Å². The van der Waals surface area contributed by atoms with Crippen LogP contribution in [0.1, 0.15) is 18.5 Å². The molecule has 0 aliphatic heterocycles. The highest BCUT2D eigenvalue weighted by Crippen LogP contribution is 2.11. The minimum absolute atomic E-state index is 1.07. The number of nitrogens with zero attached hydrogens (tertiary/aromatic N) is 2. The second kappa shape index (κ2) is 6.40. The van der Waals surface area contributed by atoms with Gasteiger partial charge in [0.25, 0.3) is 0 Å². The Morgan fingerprint density at radius 3 is 2.73 bits per heavy atom. The Labute approximate surface area is 92.5 Å². The number of aryl methyl sites for hydroxylation is 1. The van der Waals surface area contributed by atoms with E-state index in [1.54, 1.807) is 0 Å². The number of pyridine rings is 1. The van der Waals surface area contributed by atoms with Gasteiger partial charge in [-0.25, -0.2) is 0 Å². The molecule has 0 aromatic carbocycles. The van der Waals surface area contributed by atoms with Gasteiger partial charge in [0, 0.05) is 19.3 Å². The molecule has 1 N–H and O–H groups in total. The first-order valence-corrected chi connectivity index (χ1v) is 5.52. The molecule has 84 valence electrons. The van der Waals surface area contributed by atoms with Crippen LogP contribution in [0.4, 0.5) is 5.69 Å². The van der Waals surface area contributed by atoms with Gasteiger partial charge in [0.15, 0.2) is 0 Å². The van der Waals surface area contributed by atoms with Crippen molar-refractivity contribution in [2.75, 3.05) is 32.1 Å². The normalized spacial score (nSPS) is 10.3. The highest BCUT2D eigenvalue weighted by molar-refractivity contribution is 5.43. The van der Waals surface area contributed by atoms with Crippen LogP contribution in [0.5, 0.6) is 0 Å². The summed E-state index contributed by atoms with van der Waals surface area (Å²) in [5, 5.41) is 3.16. The molecule has 0 radical (unpaired) electrons. The summed E-state index contributed by atoms with van der Waals surface area (Å²) in [5.41, 5.74) is 2.27. The fourth-order valence-electron chi connectivity index (χ4n) is 1.47. The van der Waals surface area contributed by atoms with Crippen molar-refractivity contribution in [3.8, 4) is 0 Å². The van der Waals surface area contributed by atoms with Crippen molar-refractivity contribution in [2.24, 2.45) is 0 Å². The van der Waals surface area contributed by atoms with E-state index >= 15 is 0 Å². The van der Waals surface area contributed by atoms with E-state index in [4.69, 9.17) is 0 Å². The maximum absolute atomic E-state index is 4.29. The lowest BCUT2D eigenvalue weighted by atomic mass is 10.2. The molecule has 1 aromatic heterocycles. The zero-order valence-electron chi connectivity index (χ0n) is 9.95. The average Bonchev–Trinajstić information content (AvgIpc) is 2.25. The van der Waals surface area contributed by atoms with Crippen LogP contribution in [0.15, 0.2) is 18.3 Å². The molecule has 3 heteroatoms. The minimum atomic E-state index is 1.07. The van der Waals surface area contributed by atoms with E-state index in [0.717, 1.165) is 18.8 Å². The molecule has 0 bridgehead atoms. The van der Waals surface area contributed by atoms with Crippen LogP contribution in [0.3, 0.4) is 0 Å². The van der Waals surface area contributed by atoms with Gasteiger partial charge in [-0.05, 0) is 45.5 Å². The minimum Gasteiger partial charge on any atom is -0.373 e. The third kappa shape index (κ3) is 4.30. The smallest absolute Gasteiger partial charge is 0.0550 e. The van der Waals surface area contributed by atoms with Crippen LogP contribution in [-0.2, 0) is 0 Å². The number of hydrogen-bond donors (Lipinski definition) is 1. The Balaban J connectivity index is 2.33. The van der Waals surface area contributed by atoms with Crippen molar-refractivity contribution in [1.82, 2.24) is 10.3 Å². The Morgan fingerprint density at radius 2 is 2.13 bits per heavy atom. The van der Waals surface area contributed by atoms with Crippen molar-refractivity contribution in [3.05, 3.63) is 24.0 Å². The number of aromatic nitrogens is 1. The van der Waals surface area contributed by atoms with E-state index in [1.165, 1.54) is 18.5 Å². The molecule has 0 fully saturated rings. The fourth-order valence-corrected chi connectivity index (χ4v) is 1.47. The number of hydrogen-bond acceptors (Lipinski definition) is 3. The zero-order valence-corrected chi connectivity index (χ0v) is 9.95. The predicted molar refractivity (Wildman–Crippen MR) is 65.4 cm³/mol. The van der Waals surface area contributed by atoms with Crippen molar-refractivity contribution < 1.29 is 0 Å². The Bertz CT molecular complexity index is 269. The molecule has 0 saturated carbocycles. The third-order valence-corrected chi connectivity index (χ3v) is 2.51. The van der Waals surface area contributed by atoms with Crippen LogP contribution < -0.4 is 10.2 Å². The van der Waals surface area contributed by atoms with E-state index < -0.39 is 0 Å². The van der Waals surface area contributed by atoms with E-state index in [2.05, 4.69) is 34.4 Å². The molecule has 0 atom stereocenters.